The minimum atomic E-state index is -0.480. The van der Waals surface area contributed by atoms with Gasteiger partial charge in [-0.25, -0.2) is 0 Å². The largest absolute Gasteiger partial charge is 0.493 e. The van der Waals surface area contributed by atoms with Crippen molar-refractivity contribution in [1.29, 1.82) is 0 Å². The summed E-state index contributed by atoms with van der Waals surface area (Å²) in [5.41, 5.74) is 2.10. The summed E-state index contributed by atoms with van der Waals surface area (Å²) in [5, 5.41) is 13.3. The van der Waals surface area contributed by atoms with E-state index in [2.05, 4.69) is 5.32 Å². The lowest BCUT2D eigenvalue weighted by Gasteiger charge is -2.13. The highest BCUT2D eigenvalue weighted by Crippen LogP contribution is 2.27. The predicted molar refractivity (Wildman–Crippen MR) is 87.5 cm³/mol. The van der Waals surface area contributed by atoms with Crippen molar-refractivity contribution in [2.24, 2.45) is 0 Å². The molecule has 0 unspecified atom stereocenters. The van der Waals surface area contributed by atoms with Crippen LogP contribution < -0.4 is 14.8 Å². The van der Waals surface area contributed by atoms with Gasteiger partial charge in [0.05, 0.1) is 20.3 Å². The van der Waals surface area contributed by atoms with Gasteiger partial charge in [0.1, 0.15) is 0 Å². The molecule has 0 saturated heterocycles. The van der Waals surface area contributed by atoms with Gasteiger partial charge in [-0.1, -0.05) is 36.4 Å². The molecule has 4 heteroatoms. The van der Waals surface area contributed by atoms with E-state index in [0.29, 0.717) is 6.54 Å². The molecule has 118 valence electrons. The number of hydrogen-bond acceptors (Lipinski definition) is 4. The summed E-state index contributed by atoms with van der Waals surface area (Å²) in [5.74, 6) is 1.48. The number of nitrogens with one attached hydrogen (secondary N) is 1. The molecule has 2 aromatic rings. The molecule has 1 atom stereocenters. The third-order valence-corrected chi connectivity index (χ3v) is 3.56. The van der Waals surface area contributed by atoms with Crippen molar-refractivity contribution in [2.75, 3.05) is 27.3 Å². The van der Waals surface area contributed by atoms with Gasteiger partial charge in [-0.15, -0.1) is 0 Å². The number of rotatable bonds is 8. The Labute approximate surface area is 131 Å². The standard InChI is InChI=1S/C18H23NO3/c1-21-17-9-8-14(12-18(17)22-2)10-11-19-13-16(20)15-6-4-3-5-7-15/h3-9,12,16,19-20H,10-11,13H2,1-2H3/t16-/m0/s1. The van der Waals surface area contributed by atoms with Crippen LogP contribution in [0, 0.1) is 0 Å². The van der Waals surface area contributed by atoms with Crippen molar-refractivity contribution in [1.82, 2.24) is 5.32 Å². The number of benzene rings is 2. The van der Waals surface area contributed by atoms with Crippen LogP contribution in [-0.4, -0.2) is 32.4 Å². The van der Waals surface area contributed by atoms with Gasteiger partial charge in [0.25, 0.3) is 0 Å². The summed E-state index contributed by atoms with van der Waals surface area (Å²) in [6.45, 7) is 1.33. The van der Waals surface area contributed by atoms with E-state index in [4.69, 9.17) is 9.47 Å². The lowest BCUT2D eigenvalue weighted by atomic mass is 10.1. The number of ether oxygens (including phenoxy) is 2. The molecule has 0 fully saturated rings. The zero-order valence-corrected chi connectivity index (χ0v) is 13.1. The van der Waals surface area contributed by atoms with Crippen LogP contribution in [-0.2, 0) is 6.42 Å². The van der Waals surface area contributed by atoms with Crippen LogP contribution in [0.25, 0.3) is 0 Å². The van der Waals surface area contributed by atoms with Gasteiger partial charge >= 0.3 is 0 Å². The first-order valence-corrected chi connectivity index (χ1v) is 7.39. The molecule has 0 aliphatic heterocycles. The Morgan fingerprint density at radius 2 is 1.73 bits per heavy atom. The number of methoxy groups -OCH3 is 2. The van der Waals surface area contributed by atoms with Crippen molar-refractivity contribution in [3.63, 3.8) is 0 Å². The minimum Gasteiger partial charge on any atom is -0.493 e. The van der Waals surface area contributed by atoms with Crippen LogP contribution in [0.3, 0.4) is 0 Å². The van der Waals surface area contributed by atoms with Crippen LogP contribution >= 0.6 is 0 Å². The summed E-state index contributed by atoms with van der Waals surface area (Å²) >= 11 is 0. The van der Waals surface area contributed by atoms with Crippen molar-refractivity contribution in [3.05, 3.63) is 59.7 Å². The molecule has 22 heavy (non-hydrogen) atoms. The predicted octanol–water partition coefficient (Wildman–Crippen LogP) is 2.57. The molecule has 0 aliphatic carbocycles. The lowest BCUT2D eigenvalue weighted by molar-refractivity contribution is 0.175. The molecule has 0 heterocycles. The second kappa shape index (κ2) is 8.41. The highest BCUT2D eigenvalue weighted by atomic mass is 16.5. The fourth-order valence-electron chi connectivity index (χ4n) is 2.30. The van der Waals surface area contributed by atoms with Crippen LogP contribution in [0.1, 0.15) is 17.2 Å². The van der Waals surface area contributed by atoms with Crippen LogP contribution in [0.15, 0.2) is 48.5 Å². The Morgan fingerprint density at radius 1 is 1.00 bits per heavy atom. The first-order chi connectivity index (χ1) is 10.7. The fourth-order valence-corrected chi connectivity index (χ4v) is 2.30. The molecule has 0 bridgehead atoms. The first kappa shape index (κ1) is 16.3. The van der Waals surface area contributed by atoms with Gasteiger partial charge in [0.15, 0.2) is 11.5 Å². The van der Waals surface area contributed by atoms with Gasteiger partial charge in [-0.2, -0.15) is 0 Å². The molecular weight excluding hydrogens is 278 g/mol. The molecule has 2 rings (SSSR count). The Bertz CT molecular complexity index is 572. The molecular formula is C18H23NO3. The minimum absolute atomic E-state index is 0.480. The maximum atomic E-state index is 10.1. The molecule has 0 aliphatic rings. The topological polar surface area (TPSA) is 50.7 Å². The Hall–Kier alpha value is -2.04. The average Bonchev–Trinajstić information content (AvgIpc) is 2.59. The van der Waals surface area contributed by atoms with Crippen molar-refractivity contribution in [3.8, 4) is 11.5 Å². The van der Waals surface area contributed by atoms with Gasteiger partial charge in [-0.05, 0) is 36.2 Å². The van der Waals surface area contributed by atoms with Crippen molar-refractivity contribution >= 4 is 0 Å². The Morgan fingerprint density at radius 3 is 2.41 bits per heavy atom. The van der Waals surface area contributed by atoms with Gasteiger partial charge in [0.2, 0.25) is 0 Å². The van der Waals surface area contributed by atoms with E-state index >= 15 is 0 Å². The number of aliphatic hydroxyl groups excluding tert-OH is 1. The maximum Gasteiger partial charge on any atom is 0.160 e. The fraction of sp³-hybridized carbons (Fsp3) is 0.333. The van der Waals surface area contributed by atoms with E-state index in [1.807, 2.05) is 48.5 Å². The maximum absolute atomic E-state index is 10.1. The quantitative estimate of drug-likeness (QED) is 0.736. The summed E-state index contributed by atoms with van der Waals surface area (Å²) in [6.07, 6.45) is 0.383. The van der Waals surface area contributed by atoms with Crippen molar-refractivity contribution in [2.45, 2.75) is 12.5 Å². The summed E-state index contributed by atoms with van der Waals surface area (Å²) in [4.78, 5) is 0. The van der Waals surface area contributed by atoms with E-state index in [9.17, 15) is 5.11 Å². The van der Waals surface area contributed by atoms with Crippen LogP contribution in [0.2, 0.25) is 0 Å². The summed E-state index contributed by atoms with van der Waals surface area (Å²) < 4.78 is 10.5. The van der Waals surface area contributed by atoms with E-state index in [1.165, 1.54) is 5.56 Å². The van der Waals surface area contributed by atoms with Crippen LogP contribution in [0.5, 0.6) is 11.5 Å². The zero-order chi connectivity index (χ0) is 15.8. The molecule has 0 radical (unpaired) electrons. The number of aliphatic hydroxyl groups is 1. The molecule has 0 spiro atoms. The normalized spacial score (nSPS) is 12.0. The lowest BCUT2D eigenvalue weighted by Crippen LogP contribution is -2.23. The molecule has 2 aromatic carbocycles. The van der Waals surface area contributed by atoms with Gasteiger partial charge in [0, 0.05) is 6.54 Å². The summed E-state index contributed by atoms with van der Waals surface area (Å²) in [7, 11) is 3.26. The Balaban J connectivity index is 1.79. The van der Waals surface area contributed by atoms with Gasteiger partial charge < -0.3 is 19.9 Å². The SMILES string of the molecule is COc1ccc(CCNC[C@H](O)c2ccccc2)cc1OC. The van der Waals surface area contributed by atoms with Gasteiger partial charge in [-0.3, -0.25) is 0 Å². The monoisotopic (exact) mass is 301 g/mol. The smallest absolute Gasteiger partial charge is 0.160 e. The Kier molecular flexibility index (Phi) is 6.25. The molecule has 2 N–H and O–H groups in total. The van der Waals surface area contributed by atoms with Crippen molar-refractivity contribution < 1.29 is 14.6 Å². The highest BCUT2D eigenvalue weighted by Gasteiger charge is 2.07. The molecule has 0 aromatic heterocycles. The molecule has 0 amide bonds. The van der Waals surface area contributed by atoms with Crippen LogP contribution in [0.4, 0.5) is 0 Å². The van der Waals surface area contributed by atoms with E-state index in [0.717, 1.165) is 30.0 Å². The zero-order valence-electron chi connectivity index (χ0n) is 13.1. The number of hydrogen-bond donors (Lipinski definition) is 2. The third-order valence-electron chi connectivity index (χ3n) is 3.56. The average molecular weight is 301 g/mol. The molecule has 4 nitrogen and oxygen atoms in total. The third kappa shape index (κ3) is 4.48. The first-order valence-electron chi connectivity index (χ1n) is 7.39. The highest BCUT2D eigenvalue weighted by molar-refractivity contribution is 5.42. The van der Waals surface area contributed by atoms with E-state index in [-0.39, 0.29) is 0 Å². The van der Waals surface area contributed by atoms with E-state index in [1.54, 1.807) is 14.2 Å². The van der Waals surface area contributed by atoms with E-state index < -0.39 is 6.10 Å². The second-order valence-corrected chi connectivity index (χ2v) is 5.07. The molecule has 0 saturated carbocycles. The summed E-state index contributed by atoms with van der Waals surface area (Å²) in [6, 6.07) is 15.6. The second-order valence-electron chi connectivity index (χ2n) is 5.07.